The molecule has 1 aromatic rings. The molecule has 2 saturated heterocycles. The van der Waals surface area contributed by atoms with E-state index in [9.17, 15) is 4.79 Å². The number of likely N-dealkylation sites (tertiary alicyclic amines) is 2. The number of rotatable bonds is 4. The third kappa shape index (κ3) is 3.11. The topological polar surface area (TPSA) is 50.6 Å². The van der Waals surface area contributed by atoms with Crippen molar-refractivity contribution in [2.75, 3.05) is 26.7 Å². The Hall–Kier alpha value is -1.40. The first kappa shape index (κ1) is 14.5. The van der Waals surface area contributed by atoms with E-state index in [1.54, 1.807) is 11.8 Å². The van der Waals surface area contributed by atoms with E-state index in [0.717, 1.165) is 44.6 Å². The SMILES string of the molecule is CO[C@H]1C[C@@H](C(=O)N2CCCC2)N(Cc2ccn(C)n2)C1. The minimum absolute atomic E-state index is 0.0601. The zero-order valence-corrected chi connectivity index (χ0v) is 12.9. The second-order valence-electron chi connectivity index (χ2n) is 6.05. The maximum absolute atomic E-state index is 12.7. The summed E-state index contributed by atoms with van der Waals surface area (Å²) in [6.07, 6.45) is 5.14. The minimum Gasteiger partial charge on any atom is -0.380 e. The van der Waals surface area contributed by atoms with Crippen molar-refractivity contribution in [2.45, 2.75) is 38.0 Å². The number of carbonyl (C=O) groups excluding carboxylic acids is 1. The smallest absolute Gasteiger partial charge is 0.240 e. The summed E-state index contributed by atoms with van der Waals surface area (Å²) < 4.78 is 7.29. The largest absolute Gasteiger partial charge is 0.380 e. The number of hydrogen-bond acceptors (Lipinski definition) is 4. The van der Waals surface area contributed by atoms with Gasteiger partial charge in [0.15, 0.2) is 0 Å². The molecule has 0 aliphatic carbocycles. The standard InChI is InChI=1S/C15H24N4O2/c1-17-8-5-12(16-17)10-19-11-13(21-2)9-14(19)15(20)18-6-3-4-7-18/h5,8,13-14H,3-4,6-7,9-11H2,1-2H3/t13-,14-/m0/s1. The molecular weight excluding hydrogens is 268 g/mol. The number of hydrogen-bond donors (Lipinski definition) is 0. The van der Waals surface area contributed by atoms with Crippen LogP contribution in [0.1, 0.15) is 25.0 Å². The highest BCUT2D eigenvalue weighted by Crippen LogP contribution is 2.25. The lowest BCUT2D eigenvalue weighted by molar-refractivity contribution is -0.135. The first-order valence-corrected chi connectivity index (χ1v) is 7.71. The molecule has 0 bridgehead atoms. The molecule has 0 radical (unpaired) electrons. The lowest BCUT2D eigenvalue weighted by atomic mass is 10.1. The summed E-state index contributed by atoms with van der Waals surface area (Å²) in [5.74, 6) is 0.267. The van der Waals surface area contributed by atoms with E-state index in [1.807, 2.05) is 24.2 Å². The maximum atomic E-state index is 12.7. The van der Waals surface area contributed by atoms with Crippen molar-refractivity contribution in [1.82, 2.24) is 19.6 Å². The fourth-order valence-electron chi connectivity index (χ4n) is 3.37. The zero-order valence-electron chi connectivity index (χ0n) is 12.9. The van der Waals surface area contributed by atoms with Crippen molar-refractivity contribution in [3.63, 3.8) is 0 Å². The first-order valence-electron chi connectivity index (χ1n) is 7.71. The van der Waals surface area contributed by atoms with Gasteiger partial charge < -0.3 is 9.64 Å². The molecule has 0 unspecified atom stereocenters. The molecule has 2 atom stereocenters. The van der Waals surface area contributed by atoms with Crippen molar-refractivity contribution >= 4 is 5.91 Å². The highest BCUT2D eigenvalue weighted by atomic mass is 16.5. The summed E-state index contributed by atoms with van der Waals surface area (Å²) in [6, 6.07) is 1.95. The van der Waals surface area contributed by atoms with Crippen LogP contribution in [0.25, 0.3) is 0 Å². The summed E-state index contributed by atoms with van der Waals surface area (Å²) in [4.78, 5) is 16.9. The van der Waals surface area contributed by atoms with Gasteiger partial charge in [-0.15, -0.1) is 0 Å². The van der Waals surface area contributed by atoms with E-state index in [4.69, 9.17) is 4.74 Å². The molecule has 0 N–H and O–H groups in total. The average molecular weight is 292 g/mol. The lowest BCUT2D eigenvalue weighted by Gasteiger charge is -2.26. The number of amides is 1. The highest BCUT2D eigenvalue weighted by Gasteiger charge is 2.39. The Bertz CT molecular complexity index is 496. The van der Waals surface area contributed by atoms with E-state index >= 15 is 0 Å². The van der Waals surface area contributed by atoms with E-state index in [0.29, 0.717) is 6.54 Å². The summed E-state index contributed by atoms with van der Waals surface area (Å²) in [5.41, 5.74) is 1.01. The summed E-state index contributed by atoms with van der Waals surface area (Å²) in [6.45, 7) is 3.33. The number of methoxy groups -OCH3 is 1. The number of nitrogens with zero attached hydrogens (tertiary/aromatic N) is 4. The van der Waals surface area contributed by atoms with Gasteiger partial charge in [0.25, 0.3) is 0 Å². The van der Waals surface area contributed by atoms with Crippen LogP contribution in [-0.4, -0.2) is 64.4 Å². The number of ether oxygens (including phenoxy) is 1. The van der Waals surface area contributed by atoms with Crippen LogP contribution in [0.15, 0.2) is 12.3 Å². The molecule has 2 aliphatic heterocycles. The van der Waals surface area contributed by atoms with Gasteiger partial charge in [-0.25, -0.2) is 0 Å². The van der Waals surface area contributed by atoms with Crippen LogP contribution in [0.4, 0.5) is 0 Å². The monoisotopic (exact) mass is 292 g/mol. The van der Waals surface area contributed by atoms with Gasteiger partial charge in [-0.2, -0.15) is 5.10 Å². The predicted octanol–water partition coefficient (Wildman–Crippen LogP) is 0.632. The average Bonchev–Trinajstić information content (AvgIpc) is 3.19. The van der Waals surface area contributed by atoms with Crippen molar-refractivity contribution < 1.29 is 9.53 Å². The molecule has 3 rings (SSSR count). The fourth-order valence-corrected chi connectivity index (χ4v) is 3.37. The molecule has 2 fully saturated rings. The first-order chi connectivity index (χ1) is 10.2. The third-order valence-electron chi connectivity index (χ3n) is 4.54. The van der Waals surface area contributed by atoms with Crippen molar-refractivity contribution in [3.8, 4) is 0 Å². The fraction of sp³-hybridized carbons (Fsp3) is 0.733. The molecule has 2 aliphatic rings. The van der Waals surface area contributed by atoms with Gasteiger partial charge in [-0.3, -0.25) is 14.4 Å². The summed E-state index contributed by atoms with van der Waals surface area (Å²) in [5, 5.41) is 4.43. The van der Waals surface area contributed by atoms with Crippen molar-refractivity contribution in [2.24, 2.45) is 7.05 Å². The lowest BCUT2D eigenvalue weighted by Crippen LogP contribution is -2.44. The Kier molecular flexibility index (Phi) is 4.26. The van der Waals surface area contributed by atoms with Crippen molar-refractivity contribution in [3.05, 3.63) is 18.0 Å². The molecule has 0 spiro atoms. The minimum atomic E-state index is -0.0601. The van der Waals surface area contributed by atoms with Gasteiger partial charge in [0.2, 0.25) is 5.91 Å². The Labute approximate surface area is 125 Å². The normalized spacial score (nSPS) is 26.7. The molecule has 0 aromatic carbocycles. The molecule has 21 heavy (non-hydrogen) atoms. The predicted molar refractivity (Wildman–Crippen MR) is 78.6 cm³/mol. The second kappa shape index (κ2) is 6.15. The molecular formula is C15H24N4O2. The Morgan fingerprint density at radius 3 is 2.81 bits per heavy atom. The molecule has 6 nitrogen and oxygen atoms in total. The molecule has 6 heteroatoms. The van der Waals surface area contributed by atoms with Crippen LogP contribution < -0.4 is 0 Å². The van der Waals surface area contributed by atoms with Gasteiger partial charge in [0.05, 0.1) is 17.8 Å². The van der Waals surface area contributed by atoms with E-state index < -0.39 is 0 Å². The van der Waals surface area contributed by atoms with Gasteiger partial charge >= 0.3 is 0 Å². The highest BCUT2D eigenvalue weighted by molar-refractivity contribution is 5.82. The molecule has 1 amide bonds. The molecule has 116 valence electrons. The van der Waals surface area contributed by atoms with Crippen LogP contribution in [-0.2, 0) is 23.1 Å². The Balaban J connectivity index is 1.70. The number of aromatic nitrogens is 2. The third-order valence-corrected chi connectivity index (χ3v) is 4.54. The number of aryl methyl sites for hydroxylation is 1. The Morgan fingerprint density at radius 1 is 1.43 bits per heavy atom. The summed E-state index contributed by atoms with van der Waals surface area (Å²) >= 11 is 0. The van der Waals surface area contributed by atoms with Crippen LogP contribution in [0, 0.1) is 0 Å². The zero-order chi connectivity index (χ0) is 14.8. The van der Waals surface area contributed by atoms with Crippen LogP contribution >= 0.6 is 0 Å². The van der Waals surface area contributed by atoms with E-state index in [1.165, 1.54) is 0 Å². The molecule has 1 aromatic heterocycles. The van der Waals surface area contributed by atoms with Crippen LogP contribution in [0.5, 0.6) is 0 Å². The van der Waals surface area contributed by atoms with Crippen molar-refractivity contribution in [1.29, 1.82) is 0 Å². The van der Waals surface area contributed by atoms with E-state index in [-0.39, 0.29) is 18.1 Å². The second-order valence-corrected chi connectivity index (χ2v) is 6.05. The molecule has 0 saturated carbocycles. The quantitative estimate of drug-likeness (QED) is 0.817. The van der Waals surface area contributed by atoms with Gasteiger partial charge in [0, 0.05) is 46.5 Å². The summed E-state index contributed by atoms with van der Waals surface area (Å²) in [7, 11) is 3.64. The van der Waals surface area contributed by atoms with E-state index in [2.05, 4.69) is 10.00 Å². The number of carbonyl (C=O) groups is 1. The van der Waals surface area contributed by atoms with Crippen LogP contribution in [0.3, 0.4) is 0 Å². The van der Waals surface area contributed by atoms with Gasteiger partial charge in [-0.05, 0) is 25.3 Å². The van der Waals surface area contributed by atoms with Crippen LogP contribution in [0.2, 0.25) is 0 Å². The molecule has 3 heterocycles. The maximum Gasteiger partial charge on any atom is 0.240 e. The Morgan fingerprint density at radius 2 is 2.19 bits per heavy atom. The van der Waals surface area contributed by atoms with Gasteiger partial charge in [0.1, 0.15) is 0 Å². The van der Waals surface area contributed by atoms with Gasteiger partial charge in [-0.1, -0.05) is 0 Å².